The molecule has 0 aliphatic carbocycles. The molecular weight excluding hydrogens is 410 g/mol. The number of rotatable bonds is 6. The molecule has 7 heteroatoms. The van der Waals surface area contributed by atoms with Gasteiger partial charge >= 0.3 is 17.9 Å². The molecule has 0 bridgehead atoms. The minimum atomic E-state index is -1.82. The number of hydrogen-bond acceptors (Lipinski definition) is 5. The van der Waals surface area contributed by atoms with Crippen molar-refractivity contribution in [2.24, 2.45) is 5.92 Å². The average Bonchev–Trinajstić information content (AvgIpc) is 2.80. The number of carbonyl (C=O) groups excluding carboxylic acids is 1. The van der Waals surface area contributed by atoms with Crippen molar-refractivity contribution >= 4 is 23.5 Å². The number of hydrogen-bond donors (Lipinski definition) is 2. The molecule has 2 aromatic carbocycles. The Morgan fingerprint density at radius 2 is 1.62 bits per heavy atom. The van der Waals surface area contributed by atoms with Gasteiger partial charge in [0.05, 0.1) is 12.5 Å². The van der Waals surface area contributed by atoms with Crippen LogP contribution in [0.1, 0.15) is 23.6 Å². The summed E-state index contributed by atoms with van der Waals surface area (Å²) < 4.78 is 5.65. The summed E-state index contributed by atoms with van der Waals surface area (Å²) in [5, 5.41) is 14.8. The van der Waals surface area contributed by atoms with Crippen LogP contribution in [-0.4, -0.2) is 59.3 Å². The number of benzene rings is 2. The van der Waals surface area contributed by atoms with Gasteiger partial charge in [-0.2, -0.15) is 0 Å². The van der Waals surface area contributed by atoms with Gasteiger partial charge in [-0.15, -0.1) is 0 Å². The Bertz CT molecular complexity index is 925. The van der Waals surface area contributed by atoms with Gasteiger partial charge in [-0.25, -0.2) is 9.59 Å². The van der Waals surface area contributed by atoms with Crippen LogP contribution in [0.5, 0.6) is 0 Å². The minimum Gasteiger partial charge on any atom is -0.473 e. The number of carboxylic acid groups (broad SMARTS) is 2. The van der Waals surface area contributed by atoms with Crippen molar-refractivity contribution in [2.75, 3.05) is 26.2 Å². The van der Waals surface area contributed by atoms with E-state index >= 15 is 0 Å². The smallest absolute Gasteiger partial charge is 0.414 e. The third kappa shape index (κ3) is 7.67. The predicted octanol–water partition coefficient (Wildman–Crippen LogP) is 3.27. The molecule has 1 unspecified atom stereocenters. The van der Waals surface area contributed by atoms with Gasteiger partial charge in [-0.05, 0) is 30.2 Å². The first kappa shape index (κ1) is 24.8. The van der Waals surface area contributed by atoms with E-state index in [9.17, 15) is 4.79 Å². The summed E-state index contributed by atoms with van der Waals surface area (Å²) in [4.78, 5) is 33.3. The molecule has 0 fully saturated rings. The molecule has 170 valence electrons. The van der Waals surface area contributed by atoms with Crippen molar-refractivity contribution in [3.63, 3.8) is 0 Å². The lowest BCUT2D eigenvalue weighted by atomic mass is 9.89. The van der Waals surface area contributed by atoms with Crippen molar-refractivity contribution in [2.45, 2.75) is 20.3 Å². The largest absolute Gasteiger partial charge is 0.473 e. The van der Waals surface area contributed by atoms with E-state index in [1.165, 1.54) is 11.1 Å². The van der Waals surface area contributed by atoms with Gasteiger partial charge in [0.25, 0.3) is 0 Å². The Morgan fingerprint density at radius 1 is 1.00 bits per heavy atom. The van der Waals surface area contributed by atoms with Gasteiger partial charge in [0, 0.05) is 19.5 Å². The molecule has 0 saturated heterocycles. The molecule has 1 aliphatic rings. The molecule has 3 rings (SSSR count). The second kappa shape index (κ2) is 12.4. The lowest BCUT2D eigenvalue weighted by Gasteiger charge is -2.31. The van der Waals surface area contributed by atoms with E-state index in [0.717, 1.165) is 37.2 Å². The summed E-state index contributed by atoms with van der Waals surface area (Å²) in [6.07, 6.45) is 2.93. The van der Waals surface area contributed by atoms with Crippen LogP contribution in [0.25, 0.3) is 5.57 Å². The second-order valence-corrected chi connectivity index (χ2v) is 7.44. The summed E-state index contributed by atoms with van der Waals surface area (Å²) in [7, 11) is 0. The van der Waals surface area contributed by atoms with E-state index in [0.29, 0.717) is 6.61 Å². The van der Waals surface area contributed by atoms with E-state index in [-0.39, 0.29) is 11.9 Å². The number of esters is 1. The Morgan fingerprint density at radius 3 is 2.19 bits per heavy atom. The van der Waals surface area contributed by atoms with Gasteiger partial charge in [0.2, 0.25) is 0 Å². The maximum atomic E-state index is 12.8. The van der Waals surface area contributed by atoms with Crippen LogP contribution in [0.2, 0.25) is 0 Å². The summed E-state index contributed by atoms with van der Waals surface area (Å²) in [6, 6.07) is 18.5. The molecule has 0 radical (unpaired) electrons. The lowest BCUT2D eigenvalue weighted by molar-refractivity contribution is -0.159. The lowest BCUT2D eigenvalue weighted by Crippen LogP contribution is -2.38. The van der Waals surface area contributed by atoms with Crippen molar-refractivity contribution in [1.29, 1.82) is 0 Å². The molecule has 1 heterocycles. The fourth-order valence-corrected chi connectivity index (χ4v) is 3.33. The standard InChI is InChI=1S/C23H27NO2.C2H2O4/c1-3-24-15-13-21(20-7-5-4-6-8-20)22(17-24)23(25)26-16-14-19-11-9-18(2)10-12-19;3-1(4)2(5)6/h4-13,22H,3,14-17H2,1-2H3;(H,3,4)(H,5,6). The van der Waals surface area contributed by atoms with E-state index in [1.54, 1.807) is 0 Å². The molecule has 1 aliphatic heterocycles. The maximum Gasteiger partial charge on any atom is 0.414 e. The number of likely N-dealkylation sites (N-methyl/N-ethyl adjacent to an activating group) is 1. The minimum absolute atomic E-state index is 0.120. The molecular formula is C25H29NO6. The van der Waals surface area contributed by atoms with Gasteiger partial charge in [-0.1, -0.05) is 73.2 Å². The van der Waals surface area contributed by atoms with Crippen molar-refractivity contribution in [1.82, 2.24) is 4.90 Å². The fraction of sp³-hybridized carbons (Fsp3) is 0.320. The third-order valence-electron chi connectivity index (χ3n) is 5.16. The number of carbonyl (C=O) groups is 3. The maximum absolute atomic E-state index is 12.8. The molecule has 0 saturated carbocycles. The van der Waals surface area contributed by atoms with Crippen LogP contribution >= 0.6 is 0 Å². The van der Waals surface area contributed by atoms with E-state index in [4.69, 9.17) is 24.5 Å². The van der Waals surface area contributed by atoms with Crippen LogP contribution in [0.4, 0.5) is 0 Å². The average molecular weight is 440 g/mol. The zero-order valence-corrected chi connectivity index (χ0v) is 18.4. The zero-order valence-electron chi connectivity index (χ0n) is 18.4. The van der Waals surface area contributed by atoms with Crippen LogP contribution in [0.3, 0.4) is 0 Å². The van der Waals surface area contributed by atoms with Crippen molar-refractivity contribution in [3.8, 4) is 0 Å². The van der Waals surface area contributed by atoms with Gasteiger partial charge in [0.1, 0.15) is 0 Å². The monoisotopic (exact) mass is 439 g/mol. The topological polar surface area (TPSA) is 104 Å². The highest BCUT2D eigenvalue weighted by molar-refractivity contribution is 6.27. The molecule has 32 heavy (non-hydrogen) atoms. The highest BCUT2D eigenvalue weighted by Crippen LogP contribution is 2.29. The molecule has 7 nitrogen and oxygen atoms in total. The number of aryl methyl sites for hydroxylation is 1. The van der Waals surface area contributed by atoms with Crippen LogP contribution < -0.4 is 0 Å². The van der Waals surface area contributed by atoms with Crippen LogP contribution in [0, 0.1) is 12.8 Å². The van der Waals surface area contributed by atoms with Gasteiger partial charge in [0.15, 0.2) is 0 Å². The number of nitrogens with zero attached hydrogens (tertiary/aromatic N) is 1. The van der Waals surface area contributed by atoms with E-state index in [2.05, 4.69) is 61.2 Å². The Labute approximate surface area is 187 Å². The summed E-state index contributed by atoms with van der Waals surface area (Å²) in [5.41, 5.74) is 4.64. The van der Waals surface area contributed by atoms with E-state index in [1.807, 2.05) is 18.2 Å². The SMILES string of the molecule is CCN1CC=C(c2ccccc2)C(C(=O)OCCc2ccc(C)cc2)C1.O=C(O)C(=O)O. The Balaban J connectivity index is 0.000000534. The Hall–Kier alpha value is -3.45. The van der Waals surface area contributed by atoms with E-state index < -0.39 is 11.9 Å². The second-order valence-electron chi connectivity index (χ2n) is 7.44. The van der Waals surface area contributed by atoms with Gasteiger partial charge in [-0.3, -0.25) is 9.69 Å². The number of ether oxygens (including phenoxy) is 1. The molecule has 2 N–H and O–H groups in total. The van der Waals surface area contributed by atoms with Crippen molar-refractivity contribution < 1.29 is 29.3 Å². The normalized spacial score (nSPS) is 15.7. The summed E-state index contributed by atoms with van der Waals surface area (Å²) >= 11 is 0. The highest BCUT2D eigenvalue weighted by Gasteiger charge is 2.30. The van der Waals surface area contributed by atoms with Gasteiger partial charge < -0.3 is 14.9 Å². The third-order valence-corrected chi connectivity index (χ3v) is 5.16. The summed E-state index contributed by atoms with van der Waals surface area (Å²) in [5.74, 6) is -3.99. The first-order valence-electron chi connectivity index (χ1n) is 10.5. The first-order chi connectivity index (χ1) is 15.3. The fourth-order valence-electron chi connectivity index (χ4n) is 3.33. The molecule has 0 aromatic heterocycles. The quantitative estimate of drug-likeness (QED) is 0.526. The molecule has 1 atom stereocenters. The molecule has 0 spiro atoms. The highest BCUT2D eigenvalue weighted by atomic mass is 16.5. The zero-order chi connectivity index (χ0) is 23.5. The molecule has 2 aromatic rings. The predicted molar refractivity (Wildman–Crippen MR) is 121 cm³/mol. The van der Waals surface area contributed by atoms with Crippen LogP contribution in [0.15, 0.2) is 60.7 Å². The van der Waals surface area contributed by atoms with Crippen LogP contribution in [-0.2, 0) is 25.5 Å². The number of carboxylic acids is 2. The summed E-state index contributed by atoms with van der Waals surface area (Å²) in [6.45, 7) is 7.16. The molecule has 0 amide bonds. The number of aliphatic carboxylic acids is 2. The Kier molecular flexibility index (Phi) is 9.63. The first-order valence-corrected chi connectivity index (χ1v) is 10.5. The van der Waals surface area contributed by atoms with Crippen molar-refractivity contribution in [3.05, 3.63) is 77.4 Å².